The highest BCUT2D eigenvalue weighted by atomic mass is 16.7. The van der Waals surface area contributed by atoms with Crippen molar-refractivity contribution in [1.82, 2.24) is 0 Å². The van der Waals surface area contributed by atoms with E-state index in [1.807, 2.05) is 0 Å². The Morgan fingerprint density at radius 2 is 1.78 bits per heavy atom. The fraction of sp³-hybridized carbons (Fsp3) is 0.211. The summed E-state index contributed by atoms with van der Waals surface area (Å²) in [5.41, 5.74) is 0.199. The van der Waals surface area contributed by atoms with Crippen LogP contribution in [0.25, 0.3) is 6.08 Å². The van der Waals surface area contributed by atoms with Crippen LogP contribution in [-0.4, -0.2) is 30.8 Å². The van der Waals surface area contributed by atoms with Gasteiger partial charge in [-0.3, -0.25) is 0 Å². The lowest BCUT2D eigenvalue weighted by Gasteiger charge is -2.29. The van der Waals surface area contributed by atoms with Crippen molar-refractivity contribution in [2.75, 3.05) is 7.11 Å². The minimum absolute atomic E-state index is 0.0403. The van der Waals surface area contributed by atoms with Gasteiger partial charge in [-0.25, -0.2) is 14.4 Å². The predicted octanol–water partition coefficient (Wildman–Crippen LogP) is 2.73. The van der Waals surface area contributed by atoms with E-state index in [2.05, 4.69) is 0 Å². The molecule has 2 aromatic rings. The minimum Gasteiger partial charge on any atom is -0.493 e. The first-order valence-corrected chi connectivity index (χ1v) is 7.91. The Bertz CT molecular complexity index is 899. The number of hydrogen-bond donors (Lipinski definition) is 0. The molecule has 0 radical (unpaired) electrons. The zero-order valence-corrected chi connectivity index (χ0v) is 14.8. The van der Waals surface area contributed by atoms with Crippen molar-refractivity contribution < 1.29 is 37.7 Å². The van der Waals surface area contributed by atoms with E-state index in [0.29, 0.717) is 5.56 Å². The van der Waals surface area contributed by atoms with Gasteiger partial charge in [-0.15, -0.1) is 0 Å². The molecule has 1 aliphatic heterocycles. The first kappa shape index (κ1) is 18.2. The molecular weight excluding hydrogens is 356 g/mol. The third kappa shape index (κ3) is 4.00. The molecule has 0 atom stereocenters. The van der Waals surface area contributed by atoms with E-state index in [-0.39, 0.29) is 22.8 Å². The Morgan fingerprint density at radius 1 is 1.07 bits per heavy atom. The van der Waals surface area contributed by atoms with E-state index in [0.717, 1.165) is 0 Å². The number of ether oxygens (including phenoxy) is 4. The van der Waals surface area contributed by atoms with Crippen LogP contribution < -0.4 is 9.47 Å². The van der Waals surface area contributed by atoms with Gasteiger partial charge in [0, 0.05) is 13.8 Å². The molecule has 1 aliphatic rings. The van der Waals surface area contributed by atoms with Crippen LogP contribution in [0.1, 0.15) is 30.0 Å². The molecule has 1 saturated heterocycles. The van der Waals surface area contributed by atoms with Gasteiger partial charge in [-0.1, -0.05) is 6.07 Å². The van der Waals surface area contributed by atoms with Crippen LogP contribution in [0, 0.1) is 0 Å². The SMILES string of the molecule is COc1cc(C=C2C(=O)OC(C)(C)OC2=O)ccc1OC(=O)c1ccco1. The highest BCUT2D eigenvalue weighted by molar-refractivity contribution is 6.18. The summed E-state index contributed by atoms with van der Waals surface area (Å²) in [4.78, 5) is 36.0. The zero-order chi connectivity index (χ0) is 19.6. The second kappa shape index (κ2) is 6.99. The molecule has 0 saturated carbocycles. The number of carbonyl (C=O) groups is 3. The van der Waals surface area contributed by atoms with Crippen molar-refractivity contribution in [2.24, 2.45) is 0 Å². The summed E-state index contributed by atoms with van der Waals surface area (Å²) in [6, 6.07) is 7.54. The number of rotatable bonds is 4. The minimum atomic E-state index is -1.31. The summed E-state index contributed by atoms with van der Waals surface area (Å²) in [6.07, 6.45) is 2.66. The van der Waals surface area contributed by atoms with E-state index in [1.165, 1.54) is 51.5 Å². The summed E-state index contributed by atoms with van der Waals surface area (Å²) >= 11 is 0. The fourth-order valence-electron chi connectivity index (χ4n) is 2.35. The normalized spacial score (nSPS) is 15.6. The monoisotopic (exact) mass is 372 g/mol. The Labute approximate surface area is 154 Å². The number of carbonyl (C=O) groups excluding carboxylic acids is 3. The van der Waals surface area contributed by atoms with E-state index in [4.69, 9.17) is 23.4 Å². The zero-order valence-electron chi connectivity index (χ0n) is 14.8. The largest absolute Gasteiger partial charge is 0.493 e. The Kier molecular flexibility index (Phi) is 4.72. The van der Waals surface area contributed by atoms with Gasteiger partial charge in [0.05, 0.1) is 13.4 Å². The quantitative estimate of drug-likeness (QED) is 0.349. The molecule has 1 aromatic heterocycles. The molecule has 0 bridgehead atoms. The Hall–Kier alpha value is -3.55. The van der Waals surface area contributed by atoms with Crippen LogP contribution in [0.4, 0.5) is 0 Å². The Morgan fingerprint density at radius 3 is 2.37 bits per heavy atom. The first-order valence-electron chi connectivity index (χ1n) is 7.91. The molecule has 3 rings (SSSR count). The number of hydrogen-bond acceptors (Lipinski definition) is 8. The van der Waals surface area contributed by atoms with Crippen molar-refractivity contribution in [3.05, 3.63) is 53.5 Å². The van der Waals surface area contributed by atoms with E-state index < -0.39 is 23.7 Å². The summed E-state index contributed by atoms with van der Waals surface area (Å²) < 4.78 is 25.5. The van der Waals surface area contributed by atoms with Crippen LogP contribution in [-0.2, 0) is 19.1 Å². The molecule has 0 spiro atoms. The third-order valence-corrected chi connectivity index (χ3v) is 3.54. The molecule has 140 valence electrons. The molecule has 2 heterocycles. The topological polar surface area (TPSA) is 101 Å². The van der Waals surface area contributed by atoms with Gasteiger partial charge >= 0.3 is 17.9 Å². The highest BCUT2D eigenvalue weighted by Gasteiger charge is 2.38. The second-order valence-electron chi connectivity index (χ2n) is 6.01. The molecular formula is C19H16O8. The van der Waals surface area contributed by atoms with Crippen molar-refractivity contribution in [3.63, 3.8) is 0 Å². The average Bonchev–Trinajstić information content (AvgIpc) is 3.13. The van der Waals surface area contributed by atoms with Gasteiger partial charge in [0.25, 0.3) is 5.79 Å². The molecule has 0 amide bonds. The van der Waals surface area contributed by atoms with Crippen molar-refractivity contribution in [3.8, 4) is 11.5 Å². The first-order chi connectivity index (χ1) is 12.8. The maximum absolute atomic E-state index is 12.0. The third-order valence-electron chi connectivity index (χ3n) is 3.54. The maximum atomic E-state index is 12.0. The van der Waals surface area contributed by atoms with Crippen molar-refractivity contribution in [1.29, 1.82) is 0 Å². The fourth-order valence-corrected chi connectivity index (χ4v) is 2.35. The van der Waals surface area contributed by atoms with Gasteiger partial charge < -0.3 is 23.4 Å². The number of methoxy groups -OCH3 is 1. The molecule has 0 unspecified atom stereocenters. The molecule has 27 heavy (non-hydrogen) atoms. The lowest BCUT2D eigenvalue weighted by Crippen LogP contribution is -2.41. The molecule has 0 aliphatic carbocycles. The van der Waals surface area contributed by atoms with Crippen LogP contribution in [0.2, 0.25) is 0 Å². The van der Waals surface area contributed by atoms with Gasteiger partial charge in [0.2, 0.25) is 5.76 Å². The standard InChI is InChI=1S/C19H16O8/c1-19(2)26-16(20)12(17(21)27-19)9-11-6-7-13(15(10-11)23-3)25-18(22)14-5-4-8-24-14/h4-10H,1-3H3. The summed E-state index contributed by atoms with van der Waals surface area (Å²) in [7, 11) is 1.39. The molecule has 1 aromatic carbocycles. The van der Waals surface area contributed by atoms with Gasteiger partial charge in [-0.05, 0) is 35.9 Å². The van der Waals surface area contributed by atoms with Crippen LogP contribution >= 0.6 is 0 Å². The summed E-state index contributed by atoms with van der Waals surface area (Å²) in [5, 5.41) is 0. The van der Waals surface area contributed by atoms with Crippen molar-refractivity contribution in [2.45, 2.75) is 19.6 Å². The lowest BCUT2D eigenvalue weighted by molar-refractivity contribution is -0.222. The van der Waals surface area contributed by atoms with E-state index in [1.54, 1.807) is 12.1 Å². The van der Waals surface area contributed by atoms with Crippen LogP contribution in [0.15, 0.2) is 46.6 Å². The molecule has 0 N–H and O–H groups in total. The number of benzene rings is 1. The smallest absolute Gasteiger partial charge is 0.379 e. The Balaban J connectivity index is 1.85. The van der Waals surface area contributed by atoms with E-state index >= 15 is 0 Å². The summed E-state index contributed by atoms with van der Waals surface area (Å²) in [6.45, 7) is 2.93. The van der Waals surface area contributed by atoms with Crippen LogP contribution in [0.5, 0.6) is 11.5 Å². The van der Waals surface area contributed by atoms with Gasteiger partial charge in [0.15, 0.2) is 11.5 Å². The molecule has 8 heteroatoms. The number of esters is 3. The van der Waals surface area contributed by atoms with Gasteiger partial charge in [0.1, 0.15) is 5.57 Å². The van der Waals surface area contributed by atoms with Crippen LogP contribution in [0.3, 0.4) is 0 Å². The predicted molar refractivity (Wildman–Crippen MR) is 90.9 cm³/mol. The van der Waals surface area contributed by atoms with Crippen molar-refractivity contribution >= 4 is 24.0 Å². The number of cyclic esters (lactones) is 2. The summed E-state index contributed by atoms with van der Waals surface area (Å²) in [5.74, 6) is -3.16. The van der Waals surface area contributed by atoms with E-state index in [9.17, 15) is 14.4 Å². The molecule has 8 nitrogen and oxygen atoms in total. The number of furan rings is 1. The second-order valence-corrected chi connectivity index (χ2v) is 6.01. The maximum Gasteiger partial charge on any atom is 0.379 e. The lowest BCUT2D eigenvalue weighted by atomic mass is 10.1. The average molecular weight is 372 g/mol. The molecule has 1 fully saturated rings. The highest BCUT2D eigenvalue weighted by Crippen LogP contribution is 2.31. The van der Waals surface area contributed by atoms with Gasteiger partial charge in [-0.2, -0.15) is 0 Å².